The van der Waals surface area contributed by atoms with Crippen LogP contribution in [-0.4, -0.2) is 75.4 Å². The molecule has 0 aromatic heterocycles. The predicted molar refractivity (Wildman–Crippen MR) is 102 cm³/mol. The molecule has 2 aliphatic heterocycles. The highest BCUT2D eigenvalue weighted by molar-refractivity contribution is 5.78. The zero-order valence-electron chi connectivity index (χ0n) is 16.0. The van der Waals surface area contributed by atoms with Crippen molar-refractivity contribution >= 4 is 5.96 Å². The Kier molecular flexibility index (Phi) is 6.21. The van der Waals surface area contributed by atoms with Gasteiger partial charge in [-0.2, -0.15) is 0 Å². The Labute approximate surface area is 155 Å². The number of hydrogen-bond acceptors (Lipinski definition) is 5. The van der Waals surface area contributed by atoms with Gasteiger partial charge in [0.1, 0.15) is 0 Å². The van der Waals surface area contributed by atoms with Crippen LogP contribution in [0.15, 0.2) is 17.1 Å². The largest absolute Gasteiger partial charge is 0.493 e. The minimum absolute atomic E-state index is 0.211. The van der Waals surface area contributed by atoms with E-state index in [1.807, 2.05) is 0 Å². The molecule has 0 bridgehead atoms. The van der Waals surface area contributed by atoms with Crippen molar-refractivity contribution in [3.05, 3.63) is 23.3 Å². The van der Waals surface area contributed by atoms with Gasteiger partial charge >= 0.3 is 0 Å². The van der Waals surface area contributed by atoms with Crippen LogP contribution in [-0.2, 0) is 17.7 Å². The molecule has 1 unspecified atom stereocenters. The van der Waals surface area contributed by atoms with Crippen molar-refractivity contribution in [2.75, 3.05) is 53.6 Å². The van der Waals surface area contributed by atoms with Crippen molar-refractivity contribution in [1.82, 2.24) is 9.80 Å². The van der Waals surface area contributed by atoms with Crippen LogP contribution in [0.5, 0.6) is 11.5 Å². The van der Waals surface area contributed by atoms with Gasteiger partial charge in [0.2, 0.25) is 0 Å². The molecule has 0 amide bonds. The van der Waals surface area contributed by atoms with E-state index in [2.05, 4.69) is 33.8 Å². The van der Waals surface area contributed by atoms with Crippen molar-refractivity contribution in [2.24, 2.45) is 10.7 Å². The van der Waals surface area contributed by atoms with Crippen molar-refractivity contribution in [1.29, 1.82) is 0 Å². The number of morpholine rings is 1. The first-order valence-corrected chi connectivity index (χ1v) is 9.23. The van der Waals surface area contributed by atoms with E-state index in [0.29, 0.717) is 19.1 Å². The summed E-state index contributed by atoms with van der Waals surface area (Å²) in [4.78, 5) is 9.09. The maximum absolute atomic E-state index is 6.14. The Morgan fingerprint density at radius 1 is 1.23 bits per heavy atom. The molecule has 2 aliphatic rings. The molecule has 2 heterocycles. The number of rotatable bonds is 5. The van der Waals surface area contributed by atoms with Crippen molar-refractivity contribution < 1.29 is 14.2 Å². The highest BCUT2D eigenvalue weighted by Gasteiger charge is 2.20. The third kappa shape index (κ3) is 4.40. The number of benzene rings is 1. The summed E-state index contributed by atoms with van der Waals surface area (Å²) in [6.45, 7) is 7.94. The summed E-state index contributed by atoms with van der Waals surface area (Å²) < 4.78 is 16.4. The molecule has 7 nitrogen and oxygen atoms in total. The average Bonchev–Trinajstić information content (AvgIpc) is 2.66. The van der Waals surface area contributed by atoms with Gasteiger partial charge in [-0.1, -0.05) is 0 Å². The zero-order chi connectivity index (χ0) is 18.5. The lowest BCUT2D eigenvalue weighted by molar-refractivity contribution is 0.00528. The average molecular weight is 362 g/mol. The maximum Gasteiger partial charge on any atom is 0.191 e. The summed E-state index contributed by atoms with van der Waals surface area (Å²) in [5.41, 5.74) is 8.78. The molecule has 26 heavy (non-hydrogen) atoms. The van der Waals surface area contributed by atoms with Gasteiger partial charge in [0.15, 0.2) is 17.5 Å². The smallest absolute Gasteiger partial charge is 0.191 e. The van der Waals surface area contributed by atoms with Crippen LogP contribution in [0.3, 0.4) is 0 Å². The highest BCUT2D eigenvalue weighted by atomic mass is 16.5. The van der Waals surface area contributed by atoms with Gasteiger partial charge in [-0.05, 0) is 36.6 Å². The molecule has 0 radical (unpaired) electrons. The number of ether oxygens (including phenoxy) is 3. The van der Waals surface area contributed by atoms with Crippen LogP contribution in [0.25, 0.3) is 0 Å². The van der Waals surface area contributed by atoms with Gasteiger partial charge < -0.3 is 24.8 Å². The van der Waals surface area contributed by atoms with Gasteiger partial charge in [0.05, 0.1) is 33.5 Å². The maximum atomic E-state index is 6.14. The number of hydrogen-bond donors (Lipinski definition) is 1. The molecule has 1 fully saturated rings. The Morgan fingerprint density at radius 3 is 2.65 bits per heavy atom. The molecule has 7 heteroatoms. The highest BCUT2D eigenvalue weighted by Crippen LogP contribution is 2.33. The molecule has 0 saturated carbocycles. The monoisotopic (exact) mass is 362 g/mol. The Hall–Kier alpha value is -1.99. The van der Waals surface area contributed by atoms with Gasteiger partial charge in [0.25, 0.3) is 0 Å². The summed E-state index contributed by atoms with van der Waals surface area (Å²) in [6.07, 6.45) is 1.22. The summed E-state index contributed by atoms with van der Waals surface area (Å²) in [5, 5.41) is 0. The van der Waals surface area contributed by atoms with E-state index in [9.17, 15) is 0 Å². The Bertz CT molecular complexity index is 650. The van der Waals surface area contributed by atoms with E-state index in [4.69, 9.17) is 19.9 Å². The predicted octanol–water partition coefficient (Wildman–Crippen LogP) is 1.10. The number of guanidine groups is 1. The third-order valence-electron chi connectivity index (χ3n) is 5.05. The molecule has 1 aromatic carbocycles. The van der Waals surface area contributed by atoms with Crippen LogP contribution >= 0.6 is 0 Å². The van der Waals surface area contributed by atoms with E-state index in [-0.39, 0.29) is 6.10 Å². The lowest BCUT2D eigenvalue weighted by Crippen LogP contribution is -2.48. The van der Waals surface area contributed by atoms with Crippen molar-refractivity contribution in [2.45, 2.75) is 26.0 Å². The summed E-state index contributed by atoms with van der Waals surface area (Å²) >= 11 is 0. The number of methoxy groups -OCH3 is 2. The van der Waals surface area contributed by atoms with E-state index in [1.54, 1.807) is 14.2 Å². The number of fused-ring (bicyclic) bond motifs is 1. The minimum atomic E-state index is 0.211. The minimum Gasteiger partial charge on any atom is -0.493 e. The normalized spacial score (nSPS) is 21.4. The second kappa shape index (κ2) is 8.60. The molecular weight excluding hydrogens is 332 g/mol. The Morgan fingerprint density at radius 2 is 1.96 bits per heavy atom. The molecule has 1 atom stereocenters. The first-order valence-electron chi connectivity index (χ1n) is 9.23. The van der Waals surface area contributed by atoms with Crippen molar-refractivity contribution in [3.8, 4) is 11.5 Å². The second-order valence-electron chi connectivity index (χ2n) is 6.87. The topological polar surface area (TPSA) is 72.5 Å². The molecule has 2 N–H and O–H groups in total. The van der Waals surface area contributed by atoms with E-state index >= 15 is 0 Å². The number of aliphatic imine (C=N–C) groups is 1. The summed E-state index contributed by atoms with van der Waals surface area (Å²) in [5.74, 6) is 2.22. The van der Waals surface area contributed by atoms with E-state index in [0.717, 1.165) is 50.6 Å². The third-order valence-corrected chi connectivity index (χ3v) is 5.05. The molecule has 0 aliphatic carbocycles. The van der Waals surface area contributed by atoms with Crippen LogP contribution in [0.4, 0.5) is 0 Å². The van der Waals surface area contributed by atoms with Crippen LogP contribution in [0.2, 0.25) is 0 Å². The lowest BCUT2D eigenvalue weighted by Gasteiger charge is -2.32. The fraction of sp³-hybridized carbons (Fsp3) is 0.632. The fourth-order valence-corrected chi connectivity index (χ4v) is 3.56. The Balaban J connectivity index is 1.55. The molecular formula is C19H30N4O3. The molecule has 144 valence electrons. The fourth-order valence-electron chi connectivity index (χ4n) is 3.56. The van der Waals surface area contributed by atoms with E-state index in [1.165, 1.54) is 11.1 Å². The van der Waals surface area contributed by atoms with Gasteiger partial charge in [0, 0.05) is 32.7 Å². The molecule has 1 aromatic rings. The first kappa shape index (κ1) is 18.8. The first-order chi connectivity index (χ1) is 12.6. The number of nitrogens with two attached hydrogens (primary N) is 1. The van der Waals surface area contributed by atoms with Crippen molar-refractivity contribution in [3.63, 3.8) is 0 Å². The van der Waals surface area contributed by atoms with Crippen LogP contribution < -0.4 is 15.2 Å². The number of nitrogens with zero attached hydrogens (tertiary/aromatic N) is 3. The van der Waals surface area contributed by atoms with Gasteiger partial charge in [-0.3, -0.25) is 9.89 Å². The second-order valence-corrected chi connectivity index (χ2v) is 6.87. The SMILES string of the molecule is COc1cc2c(cc1OC)CN(CCN=C(N)N1CCOC(C)C1)CC2. The van der Waals surface area contributed by atoms with Gasteiger partial charge in [-0.25, -0.2) is 0 Å². The molecule has 1 saturated heterocycles. The van der Waals surface area contributed by atoms with Crippen LogP contribution in [0.1, 0.15) is 18.1 Å². The van der Waals surface area contributed by atoms with E-state index < -0.39 is 0 Å². The van der Waals surface area contributed by atoms with Gasteiger partial charge in [-0.15, -0.1) is 0 Å². The zero-order valence-corrected chi connectivity index (χ0v) is 16.0. The quantitative estimate of drug-likeness (QED) is 0.625. The lowest BCUT2D eigenvalue weighted by atomic mass is 9.99. The molecule has 0 spiro atoms. The van der Waals surface area contributed by atoms with Crippen LogP contribution in [0, 0.1) is 0 Å². The summed E-state index contributed by atoms with van der Waals surface area (Å²) in [7, 11) is 3.35. The standard InChI is InChI=1S/C19H30N4O3/c1-14-12-23(8-9-26-14)19(20)21-5-7-22-6-4-15-10-17(24-2)18(25-3)11-16(15)13-22/h10-11,14H,4-9,12-13H2,1-3H3,(H2,20,21). The molecule has 3 rings (SSSR count). The summed E-state index contributed by atoms with van der Waals surface area (Å²) in [6, 6.07) is 4.19.